The molecule has 2 heterocycles. The van der Waals surface area contributed by atoms with Crippen molar-refractivity contribution >= 4 is 11.7 Å². The number of rotatable bonds is 5. The molecular formula is C18H17FN4O2. The summed E-state index contributed by atoms with van der Waals surface area (Å²) in [5.41, 5.74) is 2.10. The van der Waals surface area contributed by atoms with Crippen LogP contribution in [0.15, 0.2) is 48.7 Å². The van der Waals surface area contributed by atoms with E-state index in [-0.39, 0.29) is 24.1 Å². The normalized spacial score (nSPS) is 10.5. The number of nitrogens with one attached hydrogen (secondary N) is 1. The Bertz CT molecular complexity index is 870. The summed E-state index contributed by atoms with van der Waals surface area (Å²) < 4.78 is 19.8. The average molecular weight is 340 g/mol. The number of nitrogens with zero attached hydrogens (tertiary/aromatic N) is 3. The fourth-order valence-electron chi connectivity index (χ4n) is 2.31. The van der Waals surface area contributed by atoms with Gasteiger partial charge in [-0.15, -0.1) is 0 Å². The average Bonchev–Trinajstić information content (AvgIpc) is 3.02. The number of pyridine rings is 1. The predicted molar refractivity (Wildman–Crippen MR) is 90.9 cm³/mol. The van der Waals surface area contributed by atoms with Crippen molar-refractivity contribution in [3.63, 3.8) is 0 Å². The van der Waals surface area contributed by atoms with Crippen molar-refractivity contribution in [1.82, 2.24) is 14.8 Å². The van der Waals surface area contributed by atoms with Gasteiger partial charge in [0.25, 0.3) is 5.91 Å². The number of benzene rings is 1. The molecule has 1 aromatic carbocycles. The molecule has 6 nitrogen and oxygen atoms in total. The fourth-order valence-corrected chi connectivity index (χ4v) is 2.31. The topological polar surface area (TPSA) is 69.0 Å². The highest BCUT2D eigenvalue weighted by Crippen LogP contribution is 2.12. The lowest BCUT2D eigenvalue weighted by atomic mass is 10.2. The summed E-state index contributed by atoms with van der Waals surface area (Å²) in [6.07, 6.45) is 1.63. The van der Waals surface area contributed by atoms with Crippen LogP contribution in [0, 0.1) is 19.7 Å². The minimum absolute atomic E-state index is 0.112. The second kappa shape index (κ2) is 7.12. The highest BCUT2D eigenvalue weighted by molar-refractivity contribution is 6.02. The van der Waals surface area contributed by atoms with Crippen LogP contribution in [0.1, 0.15) is 21.7 Å². The van der Waals surface area contributed by atoms with E-state index in [2.05, 4.69) is 15.4 Å². The summed E-state index contributed by atoms with van der Waals surface area (Å²) in [7, 11) is 0. The lowest BCUT2D eigenvalue weighted by molar-refractivity contribution is 0.102. The number of halogens is 1. The van der Waals surface area contributed by atoms with Crippen LogP contribution in [0.5, 0.6) is 5.75 Å². The molecule has 3 rings (SSSR count). The van der Waals surface area contributed by atoms with Crippen molar-refractivity contribution in [1.29, 1.82) is 0 Å². The van der Waals surface area contributed by atoms with Gasteiger partial charge in [-0.3, -0.25) is 4.79 Å². The van der Waals surface area contributed by atoms with Crippen LogP contribution in [0.2, 0.25) is 0 Å². The number of hydrogen-bond donors (Lipinski definition) is 1. The van der Waals surface area contributed by atoms with Gasteiger partial charge in [0.15, 0.2) is 12.4 Å². The molecule has 0 radical (unpaired) electrons. The highest BCUT2D eigenvalue weighted by atomic mass is 19.1. The first-order valence-electron chi connectivity index (χ1n) is 7.68. The molecule has 7 heteroatoms. The summed E-state index contributed by atoms with van der Waals surface area (Å²) in [4.78, 5) is 16.5. The zero-order valence-electron chi connectivity index (χ0n) is 13.9. The van der Waals surface area contributed by atoms with Crippen LogP contribution in [0.3, 0.4) is 0 Å². The van der Waals surface area contributed by atoms with Gasteiger partial charge in [-0.1, -0.05) is 0 Å². The third-order valence-corrected chi connectivity index (χ3v) is 3.39. The molecule has 0 unspecified atom stereocenters. The van der Waals surface area contributed by atoms with Crippen molar-refractivity contribution in [2.24, 2.45) is 0 Å². The van der Waals surface area contributed by atoms with Gasteiger partial charge in [0.05, 0.1) is 0 Å². The number of aryl methyl sites for hydroxylation is 2. The maximum absolute atomic E-state index is 12.8. The minimum atomic E-state index is -0.349. The Hall–Kier alpha value is -3.22. The lowest BCUT2D eigenvalue weighted by Crippen LogP contribution is -2.15. The fraction of sp³-hybridized carbons (Fsp3) is 0.167. The first kappa shape index (κ1) is 16.6. The molecule has 1 N–H and O–H groups in total. The third kappa shape index (κ3) is 4.41. The van der Waals surface area contributed by atoms with Crippen LogP contribution in [0.25, 0.3) is 0 Å². The van der Waals surface area contributed by atoms with Crippen molar-refractivity contribution < 1.29 is 13.9 Å². The number of aromatic nitrogens is 3. The van der Waals surface area contributed by atoms with Crippen LogP contribution >= 0.6 is 0 Å². The zero-order valence-corrected chi connectivity index (χ0v) is 13.9. The Morgan fingerprint density at radius 3 is 2.68 bits per heavy atom. The molecule has 0 aliphatic heterocycles. The highest BCUT2D eigenvalue weighted by Gasteiger charge is 2.11. The smallest absolute Gasteiger partial charge is 0.277 e. The Balaban J connectivity index is 1.62. The molecule has 25 heavy (non-hydrogen) atoms. The molecule has 0 bridgehead atoms. The van der Waals surface area contributed by atoms with Gasteiger partial charge in [-0.25, -0.2) is 14.1 Å². The first-order chi connectivity index (χ1) is 12.0. The molecule has 0 spiro atoms. The van der Waals surface area contributed by atoms with Gasteiger partial charge in [-0.2, -0.15) is 5.10 Å². The quantitative estimate of drug-likeness (QED) is 0.773. The van der Waals surface area contributed by atoms with Gasteiger partial charge in [0, 0.05) is 11.9 Å². The maximum Gasteiger partial charge on any atom is 0.277 e. The zero-order chi connectivity index (χ0) is 17.8. The van der Waals surface area contributed by atoms with Crippen molar-refractivity contribution in [2.45, 2.75) is 20.6 Å². The van der Waals surface area contributed by atoms with Crippen LogP contribution < -0.4 is 10.1 Å². The van der Waals surface area contributed by atoms with E-state index in [1.54, 1.807) is 18.3 Å². The summed E-state index contributed by atoms with van der Waals surface area (Å²) in [5, 5.41) is 6.89. The van der Waals surface area contributed by atoms with E-state index in [9.17, 15) is 9.18 Å². The molecule has 0 saturated carbocycles. The number of carbonyl (C=O) groups is 1. The van der Waals surface area contributed by atoms with Crippen LogP contribution in [-0.4, -0.2) is 20.7 Å². The van der Waals surface area contributed by atoms with E-state index >= 15 is 0 Å². The monoisotopic (exact) mass is 340 g/mol. The van der Waals surface area contributed by atoms with Gasteiger partial charge in [0.2, 0.25) is 0 Å². The van der Waals surface area contributed by atoms with E-state index in [0.29, 0.717) is 11.6 Å². The number of anilines is 1. The standard InChI is InChI=1S/C18H17FN4O2/c1-12-9-13(2)20-17(10-12)21-18(24)16-7-8-23(22-16)11-25-15-5-3-14(19)4-6-15/h3-10H,11H2,1-2H3,(H,20,21,24). The largest absolute Gasteiger partial charge is 0.471 e. The Kier molecular flexibility index (Phi) is 4.74. The number of ether oxygens (including phenoxy) is 1. The maximum atomic E-state index is 12.8. The second-order valence-corrected chi connectivity index (χ2v) is 5.59. The number of carbonyl (C=O) groups excluding carboxylic acids is 1. The van der Waals surface area contributed by atoms with Gasteiger partial charge >= 0.3 is 0 Å². The van der Waals surface area contributed by atoms with E-state index in [0.717, 1.165) is 11.3 Å². The van der Waals surface area contributed by atoms with E-state index in [1.165, 1.54) is 28.9 Å². The molecule has 0 aliphatic rings. The molecule has 1 amide bonds. The Morgan fingerprint density at radius 2 is 1.96 bits per heavy atom. The lowest BCUT2D eigenvalue weighted by Gasteiger charge is -2.06. The molecule has 3 aromatic rings. The number of hydrogen-bond acceptors (Lipinski definition) is 4. The molecular weight excluding hydrogens is 323 g/mol. The third-order valence-electron chi connectivity index (χ3n) is 3.39. The molecule has 0 saturated heterocycles. The first-order valence-corrected chi connectivity index (χ1v) is 7.68. The van der Waals surface area contributed by atoms with Crippen molar-refractivity contribution in [3.8, 4) is 5.75 Å². The summed E-state index contributed by atoms with van der Waals surface area (Å²) in [6.45, 7) is 3.91. The Labute approximate surface area is 144 Å². The summed E-state index contributed by atoms with van der Waals surface area (Å²) in [6, 6.07) is 11.0. The molecule has 2 aromatic heterocycles. The van der Waals surface area contributed by atoms with E-state index in [1.807, 2.05) is 19.9 Å². The molecule has 0 fully saturated rings. The van der Waals surface area contributed by atoms with E-state index < -0.39 is 0 Å². The minimum Gasteiger partial charge on any atom is -0.471 e. The molecule has 0 atom stereocenters. The Morgan fingerprint density at radius 1 is 1.20 bits per heavy atom. The van der Waals surface area contributed by atoms with Crippen LogP contribution in [-0.2, 0) is 6.73 Å². The van der Waals surface area contributed by atoms with E-state index in [4.69, 9.17) is 4.74 Å². The van der Waals surface area contributed by atoms with Gasteiger partial charge < -0.3 is 10.1 Å². The second-order valence-electron chi connectivity index (χ2n) is 5.59. The van der Waals surface area contributed by atoms with Crippen molar-refractivity contribution in [2.75, 3.05) is 5.32 Å². The van der Waals surface area contributed by atoms with Crippen molar-refractivity contribution in [3.05, 3.63) is 71.4 Å². The van der Waals surface area contributed by atoms with Gasteiger partial charge in [0.1, 0.15) is 17.4 Å². The summed E-state index contributed by atoms with van der Waals surface area (Å²) in [5.74, 6) is 0.324. The predicted octanol–water partition coefficient (Wildman–Crippen LogP) is 3.32. The molecule has 0 aliphatic carbocycles. The SMILES string of the molecule is Cc1cc(C)nc(NC(=O)c2ccn(COc3ccc(F)cc3)n2)c1. The number of amides is 1. The molecule has 128 valence electrons. The summed E-state index contributed by atoms with van der Waals surface area (Å²) >= 11 is 0. The van der Waals surface area contributed by atoms with Gasteiger partial charge in [-0.05, 0) is 61.9 Å². The van der Waals surface area contributed by atoms with Crippen LogP contribution in [0.4, 0.5) is 10.2 Å².